The highest BCUT2D eigenvalue weighted by Gasteiger charge is 2.20. The van der Waals surface area contributed by atoms with Crippen molar-refractivity contribution in [1.82, 2.24) is 10.2 Å². The van der Waals surface area contributed by atoms with E-state index < -0.39 is 0 Å². The third-order valence-electron chi connectivity index (χ3n) is 3.59. The monoisotopic (exact) mass is 265 g/mol. The van der Waals surface area contributed by atoms with E-state index in [4.69, 9.17) is 0 Å². The third kappa shape index (κ3) is 3.67. The molecule has 1 aliphatic heterocycles. The molecule has 0 spiro atoms. The number of likely N-dealkylation sites (N-methyl/N-ethyl adjacent to an activating group) is 1. The summed E-state index contributed by atoms with van der Waals surface area (Å²) >= 11 is 0. The van der Waals surface area contributed by atoms with Crippen molar-refractivity contribution in [3.63, 3.8) is 0 Å². The summed E-state index contributed by atoms with van der Waals surface area (Å²) in [5.41, 5.74) is 1.84. The van der Waals surface area contributed by atoms with Gasteiger partial charge in [-0.3, -0.25) is 0 Å². The number of para-hydroxylation sites is 1. The van der Waals surface area contributed by atoms with Gasteiger partial charge in [-0.05, 0) is 18.7 Å². The van der Waals surface area contributed by atoms with E-state index in [1.54, 1.807) is 12.1 Å². The fraction of sp³-hybridized carbons (Fsp3) is 0.600. The zero-order valence-electron chi connectivity index (χ0n) is 12.1. The predicted molar refractivity (Wildman–Crippen MR) is 78.1 cm³/mol. The number of rotatable bonds is 4. The van der Waals surface area contributed by atoms with Crippen LogP contribution in [-0.2, 0) is 6.54 Å². The zero-order valence-corrected chi connectivity index (χ0v) is 12.1. The Morgan fingerprint density at radius 2 is 1.89 bits per heavy atom. The first-order valence-electron chi connectivity index (χ1n) is 7.02. The first kappa shape index (κ1) is 14.3. The Morgan fingerprint density at radius 1 is 1.21 bits per heavy atom. The third-order valence-corrected chi connectivity index (χ3v) is 3.59. The Kier molecular flexibility index (Phi) is 4.77. The van der Waals surface area contributed by atoms with E-state index in [2.05, 4.69) is 36.0 Å². The van der Waals surface area contributed by atoms with Crippen molar-refractivity contribution in [2.75, 3.05) is 38.1 Å². The van der Waals surface area contributed by atoms with Gasteiger partial charge in [-0.2, -0.15) is 0 Å². The number of halogens is 1. The molecule has 0 unspecified atom stereocenters. The van der Waals surface area contributed by atoms with Gasteiger partial charge in [0.15, 0.2) is 0 Å². The molecule has 1 aromatic rings. The number of nitrogens with zero attached hydrogens (tertiary/aromatic N) is 2. The lowest BCUT2D eigenvalue weighted by atomic mass is 10.1. The van der Waals surface area contributed by atoms with Crippen LogP contribution in [0.1, 0.15) is 19.4 Å². The molecule has 2 rings (SSSR count). The van der Waals surface area contributed by atoms with Crippen LogP contribution in [0.5, 0.6) is 0 Å². The largest absolute Gasteiger partial charge is 0.366 e. The first-order valence-corrected chi connectivity index (χ1v) is 7.02. The number of nitrogens with one attached hydrogen (secondary N) is 1. The highest BCUT2D eigenvalue weighted by Crippen LogP contribution is 2.25. The molecule has 0 atom stereocenters. The highest BCUT2D eigenvalue weighted by molar-refractivity contribution is 5.55. The molecular weight excluding hydrogens is 241 g/mol. The fourth-order valence-electron chi connectivity index (χ4n) is 2.40. The maximum atomic E-state index is 14.2. The van der Waals surface area contributed by atoms with Crippen LogP contribution in [0.15, 0.2) is 18.2 Å². The predicted octanol–water partition coefficient (Wildman–Crippen LogP) is 2.08. The van der Waals surface area contributed by atoms with E-state index in [1.165, 1.54) is 0 Å². The van der Waals surface area contributed by atoms with Crippen molar-refractivity contribution in [1.29, 1.82) is 0 Å². The second kappa shape index (κ2) is 6.35. The minimum absolute atomic E-state index is 0.104. The SMILES string of the molecule is CC(C)NCc1cccc(F)c1N1CCN(C)CC1. The van der Waals surface area contributed by atoms with Gasteiger partial charge in [0.05, 0.1) is 5.69 Å². The molecule has 0 aromatic heterocycles. The lowest BCUT2D eigenvalue weighted by Gasteiger charge is -2.35. The molecule has 0 saturated carbocycles. The fourth-order valence-corrected chi connectivity index (χ4v) is 2.40. The summed E-state index contributed by atoms with van der Waals surface area (Å²) < 4.78 is 14.2. The molecule has 0 amide bonds. The molecular formula is C15H24FN3. The Balaban J connectivity index is 2.17. The van der Waals surface area contributed by atoms with Gasteiger partial charge in [0, 0.05) is 38.8 Å². The quantitative estimate of drug-likeness (QED) is 0.899. The van der Waals surface area contributed by atoms with Crippen LogP contribution in [0.4, 0.5) is 10.1 Å². The number of anilines is 1. The number of hydrogen-bond acceptors (Lipinski definition) is 3. The van der Waals surface area contributed by atoms with E-state index in [0.717, 1.165) is 44.0 Å². The Bertz CT molecular complexity index is 412. The molecule has 3 nitrogen and oxygen atoms in total. The highest BCUT2D eigenvalue weighted by atomic mass is 19.1. The Hall–Kier alpha value is -1.13. The van der Waals surface area contributed by atoms with Gasteiger partial charge < -0.3 is 15.1 Å². The summed E-state index contributed by atoms with van der Waals surface area (Å²) in [5, 5.41) is 3.37. The topological polar surface area (TPSA) is 18.5 Å². The van der Waals surface area contributed by atoms with Gasteiger partial charge in [0.2, 0.25) is 0 Å². The van der Waals surface area contributed by atoms with Crippen LogP contribution in [0.2, 0.25) is 0 Å². The molecule has 1 fully saturated rings. The molecule has 1 heterocycles. The second-order valence-electron chi connectivity index (χ2n) is 5.57. The van der Waals surface area contributed by atoms with Crippen molar-refractivity contribution >= 4 is 5.69 Å². The molecule has 1 saturated heterocycles. The summed E-state index contributed by atoms with van der Waals surface area (Å²) in [6.07, 6.45) is 0. The van der Waals surface area contributed by atoms with E-state index in [0.29, 0.717) is 6.04 Å². The molecule has 0 radical (unpaired) electrons. The average Bonchev–Trinajstić information content (AvgIpc) is 2.38. The van der Waals surface area contributed by atoms with Gasteiger partial charge in [0.1, 0.15) is 5.82 Å². The van der Waals surface area contributed by atoms with Crippen molar-refractivity contribution in [3.05, 3.63) is 29.6 Å². The number of piperazine rings is 1. The lowest BCUT2D eigenvalue weighted by molar-refractivity contribution is 0.311. The molecule has 19 heavy (non-hydrogen) atoms. The van der Waals surface area contributed by atoms with Crippen molar-refractivity contribution in [3.8, 4) is 0 Å². The maximum Gasteiger partial charge on any atom is 0.146 e. The van der Waals surface area contributed by atoms with Crippen LogP contribution < -0.4 is 10.2 Å². The van der Waals surface area contributed by atoms with Crippen LogP contribution in [-0.4, -0.2) is 44.2 Å². The van der Waals surface area contributed by atoms with Crippen molar-refractivity contribution in [2.45, 2.75) is 26.4 Å². The summed E-state index contributed by atoms with van der Waals surface area (Å²) in [4.78, 5) is 4.45. The minimum Gasteiger partial charge on any atom is -0.366 e. The van der Waals surface area contributed by atoms with Crippen LogP contribution in [0, 0.1) is 5.82 Å². The number of benzene rings is 1. The summed E-state index contributed by atoms with van der Waals surface area (Å²) in [6.45, 7) is 8.70. The molecule has 4 heteroatoms. The van der Waals surface area contributed by atoms with Crippen molar-refractivity contribution < 1.29 is 4.39 Å². The zero-order chi connectivity index (χ0) is 13.8. The van der Waals surface area contributed by atoms with Gasteiger partial charge in [-0.1, -0.05) is 26.0 Å². The second-order valence-corrected chi connectivity index (χ2v) is 5.57. The van der Waals surface area contributed by atoms with E-state index in [-0.39, 0.29) is 5.82 Å². The van der Waals surface area contributed by atoms with Gasteiger partial charge >= 0.3 is 0 Å². The average molecular weight is 265 g/mol. The van der Waals surface area contributed by atoms with E-state index in [1.807, 2.05) is 6.07 Å². The van der Waals surface area contributed by atoms with Gasteiger partial charge in [0.25, 0.3) is 0 Å². The smallest absolute Gasteiger partial charge is 0.146 e. The van der Waals surface area contributed by atoms with Crippen LogP contribution in [0.3, 0.4) is 0 Å². The van der Waals surface area contributed by atoms with E-state index >= 15 is 0 Å². The molecule has 106 valence electrons. The van der Waals surface area contributed by atoms with Gasteiger partial charge in [-0.15, -0.1) is 0 Å². The minimum atomic E-state index is -0.104. The molecule has 0 aliphatic carbocycles. The lowest BCUT2D eigenvalue weighted by Crippen LogP contribution is -2.45. The molecule has 1 aliphatic rings. The Morgan fingerprint density at radius 3 is 2.53 bits per heavy atom. The van der Waals surface area contributed by atoms with Crippen LogP contribution >= 0.6 is 0 Å². The normalized spacial score (nSPS) is 17.2. The molecule has 0 bridgehead atoms. The Labute approximate surface area is 115 Å². The maximum absolute atomic E-state index is 14.2. The summed E-state index contributed by atoms with van der Waals surface area (Å²) in [7, 11) is 2.11. The standard InChI is InChI=1S/C15H24FN3/c1-12(2)17-11-13-5-4-6-14(16)15(13)19-9-7-18(3)8-10-19/h4-6,12,17H,7-11H2,1-3H3. The first-order chi connectivity index (χ1) is 9.08. The van der Waals surface area contributed by atoms with E-state index in [9.17, 15) is 4.39 Å². The van der Waals surface area contributed by atoms with Crippen molar-refractivity contribution in [2.24, 2.45) is 0 Å². The summed E-state index contributed by atoms with van der Waals surface area (Å²) in [6, 6.07) is 5.79. The molecule has 1 N–H and O–H groups in total. The number of hydrogen-bond donors (Lipinski definition) is 1. The van der Waals surface area contributed by atoms with Crippen LogP contribution in [0.25, 0.3) is 0 Å². The summed E-state index contributed by atoms with van der Waals surface area (Å²) in [5.74, 6) is -0.104. The molecule has 1 aromatic carbocycles. The van der Waals surface area contributed by atoms with Gasteiger partial charge in [-0.25, -0.2) is 4.39 Å².